The number of nitrogens with zero attached hydrogens (tertiary/aromatic N) is 1. The number of methoxy groups -OCH3 is 2. The van der Waals surface area contributed by atoms with Crippen molar-refractivity contribution in [2.75, 3.05) is 31.7 Å². The number of benzene rings is 2. The summed E-state index contributed by atoms with van der Waals surface area (Å²) in [6, 6.07) is 12.5. The van der Waals surface area contributed by atoms with Crippen molar-refractivity contribution >= 4 is 15.7 Å². The molecule has 6 heteroatoms. The number of ether oxygens (including phenoxy) is 2. The van der Waals surface area contributed by atoms with Crippen molar-refractivity contribution in [3.8, 4) is 5.75 Å². The fourth-order valence-electron chi connectivity index (χ4n) is 2.70. The molecule has 0 amide bonds. The van der Waals surface area contributed by atoms with Crippen LogP contribution in [-0.2, 0) is 14.8 Å². The van der Waals surface area contributed by atoms with E-state index in [0.29, 0.717) is 34.1 Å². The van der Waals surface area contributed by atoms with Crippen molar-refractivity contribution < 1.29 is 17.9 Å². The lowest BCUT2D eigenvalue weighted by Gasteiger charge is -2.26. The van der Waals surface area contributed by atoms with Crippen LogP contribution in [0, 0.1) is 13.8 Å². The minimum absolute atomic E-state index is 0.244. The molecule has 0 aliphatic carbocycles. The highest BCUT2D eigenvalue weighted by atomic mass is 32.2. The van der Waals surface area contributed by atoms with Gasteiger partial charge in [-0.1, -0.05) is 18.2 Å². The minimum Gasteiger partial charge on any atom is -0.497 e. The second kappa shape index (κ2) is 7.68. The van der Waals surface area contributed by atoms with Crippen LogP contribution in [0.2, 0.25) is 0 Å². The van der Waals surface area contributed by atoms with Crippen molar-refractivity contribution in [1.29, 1.82) is 0 Å². The van der Waals surface area contributed by atoms with Gasteiger partial charge in [0.15, 0.2) is 0 Å². The molecule has 2 aromatic rings. The number of para-hydroxylation sites is 1. The quantitative estimate of drug-likeness (QED) is 0.770. The van der Waals surface area contributed by atoms with Crippen molar-refractivity contribution in [3.05, 3.63) is 53.6 Å². The zero-order valence-corrected chi connectivity index (χ0v) is 15.3. The van der Waals surface area contributed by atoms with Crippen LogP contribution in [-0.4, -0.2) is 35.8 Å². The van der Waals surface area contributed by atoms with Crippen molar-refractivity contribution in [2.45, 2.75) is 18.7 Å². The summed E-state index contributed by atoms with van der Waals surface area (Å²) in [5.74, 6) is 0.645. The summed E-state index contributed by atoms with van der Waals surface area (Å²) < 4.78 is 38.3. The third-order valence-electron chi connectivity index (χ3n) is 3.76. The molecule has 0 N–H and O–H groups in total. The number of sulfonamides is 1. The molecule has 0 spiro atoms. The lowest BCUT2D eigenvalue weighted by atomic mass is 10.1. The number of hydrogen-bond acceptors (Lipinski definition) is 4. The molecule has 0 aromatic heterocycles. The van der Waals surface area contributed by atoms with Gasteiger partial charge in [0.2, 0.25) is 0 Å². The Bertz CT molecular complexity index is 765. The van der Waals surface area contributed by atoms with Gasteiger partial charge in [-0.3, -0.25) is 4.31 Å². The average molecular weight is 349 g/mol. The van der Waals surface area contributed by atoms with Gasteiger partial charge in [0.25, 0.3) is 10.0 Å². The molecule has 0 radical (unpaired) electrons. The summed E-state index contributed by atoms with van der Waals surface area (Å²) in [6.45, 7) is 4.11. The molecule has 2 aromatic carbocycles. The zero-order valence-electron chi connectivity index (χ0n) is 14.4. The van der Waals surface area contributed by atoms with Crippen LogP contribution in [0.5, 0.6) is 5.75 Å². The number of hydrogen-bond donors (Lipinski definition) is 0. The van der Waals surface area contributed by atoms with Gasteiger partial charge in [0.1, 0.15) is 5.75 Å². The molecular formula is C18H23NO4S. The highest BCUT2D eigenvalue weighted by Gasteiger charge is 2.28. The Morgan fingerprint density at radius 1 is 1.00 bits per heavy atom. The fourth-order valence-corrected chi connectivity index (χ4v) is 4.57. The van der Waals surface area contributed by atoms with Crippen LogP contribution in [0.15, 0.2) is 47.4 Å². The number of aryl methyl sites for hydroxylation is 2. The molecule has 130 valence electrons. The molecule has 24 heavy (non-hydrogen) atoms. The highest BCUT2D eigenvalue weighted by Crippen LogP contribution is 2.30. The van der Waals surface area contributed by atoms with Crippen molar-refractivity contribution in [3.63, 3.8) is 0 Å². The lowest BCUT2D eigenvalue weighted by Crippen LogP contribution is -2.34. The van der Waals surface area contributed by atoms with Gasteiger partial charge in [0.05, 0.1) is 30.8 Å². The first-order valence-electron chi connectivity index (χ1n) is 7.63. The number of anilines is 1. The minimum atomic E-state index is -3.71. The molecule has 0 heterocycles. The van der Waals surface area contributed by atoms with Gasteiger partial charge in [-0.25, -0.2) is 8.42 Å². The molecule has 0 bridgehead atoms. The molecular weight excluding hydrogens is 326 g/mol. The standard InChI is InChI=1S/C18H23NO4S/c1-14-12-17(23-4)13-15(2)18(14)24(20,21)19(10-11-22-3)16-8-6-5-7-9-16/h5-9,12-13H,10-11H2,1-4H3. The van der Waals surface area contributed by atoms with Crippen LogP contribution in [0.1, 0.15) is 11.1 Å². The van der Waals surface area contributed by atoms with Crippen LogP contribution < -0.4 is 9.04 Å². The monoisotopic (exact) mass is 349 g/mol. The third-order valence-corrected chi connectivity index (χ3v) is 5.89. The summed E-state index contributed by atoms with van der Waals surface area (Å²) in [5, 5.41) is 0. The maximum atomic E-state index is 13.3. The Labute approximate surface area is 143 Å². The summed E-state index contributed by atoms with van der Waals surface area (Å²) in [6.07, 6.45) is 0. The Hall–Kier alpha value is -2.05. The van der Waals surface area contributed by atoms with E-state index in [4.69, 9.17) is 9.47 Å². The second-order valence-corrected chi connectivity index (χ2v) is 7.29. The van der Waals surface area contributed by atoms with E-state index in [9.17, 15) is 8.42 Å². The van der Waals surface area contributed by atoms with Gasteiger partial charge in [-0.2, -0.15) is 0 Å². The fraction of sp³-hybridized carbons (Fsp3) is 0.333. The molecule has 0 atom stereocenters. The Morgan fingerprint density at radius 2 is 1.58 bits per heavy atom. The largest absolute Gasteiger partial charge is 0.497 e. The van der Waals surface area contributed by atoms with E-state index in [2.05, 4.69) is 0 Å². The lowest BCUT2D eigenvalue weighted by molar-refractivity contribution is 0.208. The predicted octanol–water partition coefficient (Wildman–Crippen LogP) is 3.15. The van der Waals surface area contributed by atoms with E-state index in [-0.39, 0.29) is 6.54 Å². The molecule has 0 fully saturated rings. The first-order valence-corrected chi connectivity index (χ1v) is 9.07. The molecule has 0 saturated heterocycles. The maximum Gasteiger partial charge on any atom is 0.264 e. The summed E-state index contributed by atoms with van der Waals surface area (Å²) >= 11 is 0. The SMILES string of the molecule is COCCN(c1ccccc1)S(=O)(=O)c1c(C)cc(OC)cc1C. The Kier molecular flexibility index (Phi) is 5.85. The molecule has 0 aliphatic heterocycles. The van der Waals surface area contributed by atoms with E-state index in [0.717, 1.165) is 0 Å². The summed E-state index contributed by atoms with van der Waals surface area (Å²) in [4.78, 5) is 0.309. The van der Waals surface area contributed by atoms with Crippen LogP contribution in [0.3, 0.4) is 0 Å². The van der Waals surface area contributed by atoms with Crippen LogP contribution >= 0.6 is 0 Å². The van der Waals surface area contributed by atoms with Gasteiger partial charge in [-0.05, 0) is 49.2 Å². The van der Waals surface area contributed by atoms with Gasteiger partial charge in [0, 0.05) is 7.11 Å². The van der Waals surface area contributed by atoms with Crippen molar-refractivity contribution in [1.82, 2.24) is 0 Å². The summed E-state index contributed by atoms with van der Waals surface area (Å²) in [5.41, 5.74) is 1.93. The van der Waals surface area contributed by atoms with Gasteiger partial charge in [-0.15, -0.1) is 0 Å². The zero-order chi connectivity index (χ0) is 17.7. The average Bonchev–Trinajstić information content (AvgIpc) is 2.55. The maximum absolute atomic E-state index is 13.3. The molecule has 0 saturated carbocycles. The molecule has 0 aliphatic rings. The topological polar surface area (TPSA) is 55.8 Å². The van der Waals surface area contributed by atoms with Crippen LogP contribution in [0.4, 0.5) is 5.69 Å². The smallest absolute Gasteiger partial charge is 0.264 e. The molecule has 0 unspecified atom stereocenters. The van der Waals surface area contributed by atoms with Gasteiger partial charge >= 0.3 is 0 Å². The first-order chi connectivity index (χ1) is 11.4. The highest BCUT2D eigenvalue weighted by molar-refractivity contribution is 7.93. The molecule has 2 rings (SSSR count). The first kappa shape index (κ1) is 18.3. The van der Waals surface area contributed by atoms with E-state index >= 15 is 0 Å². The van der Waals surface area contributed by atoms with E-state index in [1.165, 1.54) is 4.31 Å². The second-order valence-electron chi connectivity index (χ2n) is 5.50. The van der Waals surface area contributed by atoms with Crippen LogP contribution in [0.25, 0.3) is 0 Å². The van der Waals surface area contributed by atoms with Gasteiger partial charge < -0.3 is 9.47 Å². The van der Waals surface area contributed by atoms with Crippen molar-refractivity contribution in [2.24, 2.45) is 0 Å². The normalized spacial score (nSPS) is 11.3. The molecule has 5 nitrogen and oxygen atoms in total. The van der Waals surface area contributed by atoms with E-state index in [1.807, 2.05) is 18.2 Å². The Balaban J connectivity index is 2.57. The number of rotatable bonds is 7. The third kappa shape index (κ3) is 3.71. The van der Waals surface area contributed by atoms with E-state index < -0.39 is 10.0 Å². The van der Waals surface area contributed by atoms with E-state index in [1.54, 1.807) is 52.3 Å². The Morgan fingerprint density at radius 3 is 2.08 bits per heavy atom. The predicted molar refractivity (Wildman–Crippen MR) is 95.3 cm³/mol. The summed E-state index contributed by atoms with van der Waals surface area (Å²) in [7, 11) is -0.593.